The molecule has 0 atom stereocenters. The van der Waals surface area contributed by atoms with Crippen molar-refractivity contribution in [3.05, 3.63) is 102 Å². The summed E-state index contributed by atoms with van der Waals surface area (Å²) in [4.78, 5) is 7.31. The van der Waals surface area contributed by atoms with Gasteiger partial charge in [0, 0.05) is 65.9 Å². The Morgan fingerprint density at radius 1 is 0.486 bits per heavy atom. The van der Waals surface area contributed by atoms with Gasteiger partial charge in [0.2, 0.25) is 0 Å². The van der Waals surface area contributed by atoms with Gasteiger partial charge in [-0.25, -0.2) is 0 Å². The predicted octanol–water partition coefficient (Wildman–Crippen LogP) is 7.65. The molecule has 7 rings (SSSR count). The number of fused-ring (bicyclic) bond motifs is 3. The van der Waals surface area contributed by atoms with Gasteiger partial charge in [-0.1, -0.05) is 42.5 Å². The molecule has 0 aliphatic carbocycles. The zero-order chi connectivity index (χ0) is 24.8. The molecule has 3 aliphatic rings. The highest BCUT2D eigenvalue weighted by Crippen LogP contribution is 2.44. The van der Waals surface area contributed by atoms with Gasteiger partial charge < -0.3 is 19.8 Å². The molecule has 0 saturated carbocycles. The lowest BCUT2D eigenvalue weighted by Gasteiger charge is -2.38. The monoisotopic (exact) mass is 487 g/mol. The SMILES string of the molecule is Oc1cc(N2CCCc3ccccc32)cc(N2CCCc3c2cccc3N2CCCc3ccccc32)c1. The van der Waals surface area contributed by atoms with Gasteiger partial charge in [0.1, 0.15) is 5.75 Å². The van der Waals surface area contributed by atoms with Crippen LogP contribution in [0.25, 0.3) is 0 Å². The molecule has 186 valence electrons. The molecule has 3 aliphatic heterocycles. The van der Waals surface area contributed by atoms with Gasteiger partial charge in [0.15, 0.2) is 0 Å². The van der Waals surface area contributed by atoms with E-state index in [-0.39, 0.29) is 0 Å². The highest BCUT2D eigenvalue weighted by molar-refractivity contribution is 5.81. The number of rotatable bonds is 3. The van der Waals surface area contributed by atoms with Gasteiger partial charge in [-0.05, 0) is 85.5 Å². The van der Waals surface area contributed by atoms with Crippen LogP contribution in [0.5, 0.6) is 5.75 Å². The Kier molecular flexibility index (Phi) is 5.53. The third kappa shape index (κ3) is 3.92. The van der Waals surface area contributed by atoms with Crippen LogP contribution in [0.3, 0.4) is 0 Å². The topological polar surface area (TPSA) is 30.0 Å². The van der Waals surface area contributed by atoms with Gasteiger partial charge in [0.25, 0.3) is 0 Å². The van der Waals surface area contributed by atoms with Crippen molar-refractivity contribution in [2.45, 2.75) is 38.5 Å². The summed E-state index contributed by atoms with van der Waals surface area (Å²) in [5.41, 5.74) is 11.6. The van der Waals surface area contributed by atoms with E-state index >= 15 is 0 Å². The van der Waals surface area contributed by atoms with Crippen LogP contribution in [-0.2, 0) is 19.3 Å². The second-order valence-corrected chi connectivity index (χ2v) is 10.5. The maximum absolute atomic E-state index is 10.9. The van der Waals surface area contributed by atoms with Gasteiger partial charge in [-0.2, -0.15) is 0 Å². The Balaban J connectivity index is 1.29. The van der Waals surface area contributed by atoms with Crippen LogP contribution in [0, 0.1) is 0 Å². The van der Waals surface area contributed by atoms with Crippen molar-refractivity contribution in [1.29, 1.82) is 0 Å². The molecule has 4 heteroatoms. The zero-order valence-electron chi connectivity index (χ0n) is 21.2. The minimum absolute atomic E-state index is 0.323. The summed E-state index contributed by atoms with van der Waals surface area (Å²) in [7, 11) is 0. The molecular formula is C33H33N3O. The summed E-state index contributed by atoms with van der Waals surface area (Å²) in [5, 5.41) is 10.9. The van der Waals surface area contributed by atoms with Crippen molar-refractivity contribution in [1.82, 2.24) is 0 Å². The van der Waals surface area contributed by atoms with Crippen molar-refractivity contribution >= 4 is 34.1 Å². The minimum atomic E-state index is 0.323. The zero-order valence-corrected chi connectivity index (χ0v) is 21.2. The Labute approximate surface area is 219 Å². The number of aryl methyl sites for hydroxylation is 2. The molecule has 0 aromatic heterocycles. The minimum Gasteiger partial charge on any atom is -0.508 e. The number of phenols is 1. The summed E-state index contributed by atoms with van der Waals surface area (Å²) in [6.45, 7) is 2.97. The number of anilines is 6. The van der Waals surface area contributed by atoms with Gasteiger partial charge >= 0.3 is 0 Å². The normalized spacial score (nSPS) is 16.7. The van der Waals surface area contributed by atoms with Crippen molar-refractivity contribution in [3.8, 4) is 5.75 Å². The molecule has 0 spiro atoms. The summed E-state index contributed by atoms with van der Waals surface area (Å²) in [5.74, 6) is 0.323. The molecule has 4 aromatic rings. The number of benzene rings is 4. The molecule has 0 unspecified atom stereocenters. The molecule has 0 bridgehead atoms. The van der Waals surface area contributed by atoms with Gasteiger partial charge in [-0.3, -0.25) is 0 Å². The van der Waals surface area contributed by atoms with Crippen LogP contribution >= 0.6 is 0 Å². The quantitative estimate of drug-likeness (QED) is 0.321. The second-order valence-electron chi connectivity index (χ2n) is 10.5. The van der Waals surface area contributed by atoms with Crippen molar-refractivity contribution in [2.24, 2.45) is 0 Å². The first-order valence-electron chi connectivity index (χ1n) is 13.7. The lowest BCUT2D eigenvalue weighted by molar-refractivity contribution is 0.475. The number of aromatic hydroxyl groups is 1. The van der Waals surface area contributed by atoms with Crippen LogP contribution in [0.4, 0.5) is 34.1 Å². The fraction of sp³-hybridized carbons (Fsp3) is 0.273. The molecule has 0 radical (unpaired) electrons. The fourth-order valence-electron chi connectivity index (χ4n) is 6.60. The first-order chi connectivity index (χ1) is 18.3. The Hall–Kier alpha value is -3.92. The number of para-hydroxylation sites is 2. The molecule has 1 N–H and O–H groups in total. The third-order valence-electron chi connectivity index (χ3n) is 8.25. The van der Waals surface area contributed by atoms with E-state index in [1.807, 2.05) is 12.1 Å². The van der Waals surface area contributed by atoms with E-state index in [0.717, 1.165) is 63.1 Å². The van der Waals surface area contributed by atoms with E-state index in [0.29, 0.717) is 5.75 Å². The fourth-order valence-corrected chi connectivity index (χ4v) is 6.60. The van der Waals surface area contributed by atoms with Gasteiger partial charge in [0.05, 0.1) is 0 Å². The molecule has 4 aromatic carbocycles. The average Bonchev–Trinajstić information content (AvgIpc) is 2.95. The molecule has 4 nitrogen and oxygen atoms in total. The lowest BCUT2D eigenvalue weighted by atomic mass is 9.95. The Bertz CT molecular complexity index is 1460. The Morgan fingerprint density at radius 3 is 1.65 bits per heavy atom. The summed E-state index contributed by atoms with van der Waals surface area (Å²) < 4.78 is 0. The van der Waals surface area contributed by atoms with Crippen molar-refractivity contribution < 1.29 is 5.11 Å². The van der Waals surface area contributed by atoms with E-state index in [1.165, 1.54) is 45.9 Å². The molecular weight excluding hydrogens is 454 g/mol. The summed E-state index contributed by atoms with van der Waals surface area (Å²) >= 11 is 0. The maximum atomic E-state index is 10.9. The summed E-state index contributed by atoms with van der Waals surface area (Å²) in [6, 6.07) is 30.4. The number of hydrogen-bond acceptors (Lipinski definition) is 4. The van der Waals surface area contributed by atoms with E-state index in [1.54, 1.807) is 0 Å². The predicted molar refractivity (Wildman–Crippen MR) is 153 cm³/mol. The number of phenolic OH excluding ortho intramolecular Hbond substituents is 1. The van der Waals surface area contributed by atoms with Crippen molar-refractivity contribution in [3.63, 3.8) is 0 Å². The molecule has 0 saturated heterocycles. The molecule has 0 amide bonds. The van der Waals surface area contributed by atoms with Crippen LogP contribution in [-0.4, -0.2) is 24.7 Å². The molecule has 37 heavy (non-hydrogen) atoms. The second kappa shape index (κ2) is 9.19. The number of hydrogen-bond donors (Lipinski definition) is 1. The highest BCUT2D eigenvalue weighted by atomic mass is 16.3. The Morgan fingerprint density at radius 2 is 0.973 bits per heavy atom. The van der Waals surface area contributed by atoms with Crippen molar-refractivity contribution in [2.75, 3.05) is 34.3 Å². The highest BCUT2D eigenvalue weighted by Gasteiger charge is 2.27. The van der Waals surface area contributed by atoms with Crippen LogP contribution < -0.4 is 14.7 Å². The van der Waals surface area contributed by atoms with E-state index in [9.17, 15) is 5.11 Å². The third-order valence-corrected chi connectivity index (χ3v) is 8.25. The average molecular weight is 488 g/mol. The smallest absolute Gasteiger partial charge is 0.119 e. The van der Waals surface area contributed by atoms with E-state index < -0.39 is 0 Å². The van der Waals surface area contributed by atoms with Crippen LogP contribution in [0.1, 0.15) is 36.0 Å². The van der Waals surface area contributed by atoms with Gasteiger partial charge in [-0.15, -0.1) is 0 Å². The lowest BCUT2D eigenvalue weighted by Crippen LogP contribution is -2.29. The van der Waals surface area contributed by atoms with Crippen LogP contribution in [0.15, 0.2) is 84.9 Å². The molecule has 0 fully saturated rings. The van der Waals surface area contributed by atoms with Crippen LogP contribution in [0.2, 0.25) is 0 Å². The van der Waals surface area contributed by atoms with E-state index in [2.05, 4.69) is 87.5 Å². The number of nitrogens with zero attached hydrogens (tertiary/aromatic N) is 3. The van der Waals surface area contributed by atoms with E-state index in [4.69, 9.17) is 0 Å². The largest absolute Gasteiger partial charge is 0.508 e. The molecule has 3 heterocycles. The summed E-state index contributed by atoms with van der Waals surface area (Å²) in [6.07, 6.45) is 6.73. The maximum Gasteiger partial charge on any atom is 0.119 e. The first kappa shape index (κ1) is 22.3. The first-order valence-corrected chi connectivity index (χ1v) is 13.7. The standard InChI is InChI=1S/C33H33N3O/c37-28-22-26(34-18-6-11-24-9-1-3-14-30(24)34)21-27(23-28)35-19-8-13-29-32(35)16-5-17-33(29)36-20-7-12-25-10-2-4-15-31(25)36/h1-5,9-10,14-17,21-23,37H,6-8,11-13,18-20H2.